The van der Waals surface area contributed by atoms with Crippen LogP contribution in [0.2, 0.25) is 0 Å². The van der Waals surface area contributed by atoms with Crippen LogP contribution in [0.5, 0.6) is 11.5 Å². The normalized spacial score (nSPS) is 12.4. The molecule has 3 aromatic carbocycles. The molecule has 0 radical (unpaired) electrons. The van der Waals surface area contributed by atoms with Crippen molar-refractivity contribution in [2.45, 2.75) is 32.9 Å². The van der Waals surface area contributed by atoms with Gasteiger partial charge in [0, 0.05) is 10.8 Å². The summed E-state index contributed by atoms with van der Waals surface area (Å²) in [5.74, 6) is 2.35. The predicted octanol–water partition coefficient (Wildman–Crippen LogP) is 6.35. The first-order valence-corrected chi connectivity index (χ1v) is 9.49. The van der Waals surface area contributed by atoms with Gasteiger partial charge in [-0.25, -0.2) is 0 Å². The third kappa shape index (κ3) is 3.14. The van der Waals surface area contributed by atoms with Gasteiger partial charge in [-0.05, 0) is 48.2 Å². The smallest absolute Gasteiger partial charge is 0.165 e. The summed E-state index contributed by atoms with van der Waals surface area (Å²) in [5, 5.41) is 2.31. The Morgan fingerprint density at radius 1 is 0.889 bits per heavy atom. The quantitative estimate of drug-likeness (QED) is 0.400. The molecule has 0 fully saturated rings. The van der Waals surface area contributed by atoms with Crippen molar-refractivity contribution in [3.63, 3.8) is 0 Å². The standard InChI is InChI=1S/C24H25NO2/c1-4-17(2)18-12-14-19(15-13-18)27-16-25-21-9-6-5-8-20(21)24-22(25)10-7-11-23(24)26-3/h5-15,17H,4,16H2,1-3H3. The molecule has 0 saturated carbocycles. The Hall–Kier alpha value is -2.94. The lowest BCUT2D eigenvalue weighted by atomic mass is 9.99. The van der Waals surface area contributed by atoms with E-state index in [-0.39, 0.29) is 0 Å². The highest BCUT2D eigenvalue weighted by Crippen LogP contribution is 2.35. The summed E-state index contributed by atoms with van der Waals surface area (Å²) in [6.07, 6.45) is 1.14. The van der Waals surface area contributed by atoms with Gasteiger partial charge in [0.1, 0.15) is 11.5 Å². The molecule has 3 nitrogen and oxygen atoms in total. The number of hydrogen-bond acceptors (Lipinski definition) is 2. The molecule has 138 valence electrons. The Labute approximate surface area is 160 Å². The van der Waals surface area contributed by atoms with Crippen LogP contribution >= 0.6 is 0 Å². The van der Waals surface area contributed by atoms with Crippen molar-refractivity contribution in [1.29, 1.82) is 0 Å². The van der Waals surface area contributed by atoms with E-state index < -0.39 is 0 Å². The maximum atomic E-state index is 6.13. The Morgan fingerprint density at radius 2 is 1.63 bits per heavy atom. The van der Waals surface area contributed by atoms with Crippen LogP contribution in [0.3, 0.4) is 0 Å². The van der Waals surface area contributed by atoms with Crippen molar-refractivity contribution in [2.75, 3.05) is 7.11 Å². The molecule has 27 heavy (non-hydrogen) atoms. The highest BCUT2D eigenvalue weighted by atomic mass is 16.5. The van der Waals surface area contributed by atoms with Crippen LogP contribution in [-0.4, -0.2) is 11.7 Å². The second-order valence-corrected chi connectivity index (χ2v) is 6.95. The van der Waals surface area contributed by atoms with Gasteiger partial charge in [0.05, 0.1) is 18.1 Å². The Kier molecular flexibility index (Phi) is 4.76. The van der Waals surface area contributed by atoms with Crippen molar-refractivity contribution in [3.8, 4) is 11.5 Å². The summed E-state index contributed by atoms with van der Waals surface area (Å²) >= 11 is 0. The molecule has 1 heterocycles. The summed E-state index contributed by atoms with van der Waals surface area (Å²) in [6, 6.07) is 23.0. The minimum absolute atomic E-state index is 0.458. The molecule has 1 aromatic heterocycles. The monoisotopic (exact) mass is 359 g/mol. The summed E-state index contributed by atoms with van der Waals surface area (Å²) in [6.45, 7) is 4.92. The van der Waals surface area contributed by atoms with Gasteiger partial charge in [-0.1, -0.05) is 50.2 Å². The van der Waals surface area contributed by atoms with Crippen molar-refractivity contribution in [3.05, 3.63) is 72.3 Å². The fourth-order valence-corrected chi connectivity index (χ4v) is 3.64. The van der Waals surface area contributed by atoms with Gasteiger partial charge in [0.2, 0.25) is 0 Å². The zero-order chi connectivity index (χ0) is 18.8. The van der Waals surface area contributed by atoms with Gasteiger partial charge in [-0.2, -0.15) is 0 Å². The fourth-order valence-electron chi connectivity index (χ4n) is 3.64. The minimum atomic E-state index is 0.458. The highest BCUT2D eigenvalue weighted by molar-refractivity contribution is 6.11. The molecule has 0 aliphatic heterocycles. The molecular weight excluding hydrogens is 334 g/mol. The second-order valence-electron chi connectivity index (χ2n) is 6.95. The zero-order valence-electron chi connectivity index (χ0n) is 16.1. The lowest BCUT2D eigenvalue weighted by molar-refractivity contribution is 0.246. The number of fused-ring (bicyclic) bond motifs is 3. The molecular formula is C24H25NO2. The number of rotatable bonds is 6. The number of nitrogens with zero attached hydrogens (tertiary/aromatic N) is 1. The number of aromatic nitrogens is 1. The molecule has 1 atom stereocenters. The van der Waals surface area contributed by atoms with E-state index in [1.807, 2.05) is 12.1 Å². The summed E-state index contributed by atoms with van der Waals surface area (Å²) < 4.78 is 13.9. The van der Waals surface area contributed by atoms with Crippen molar-refractivity contribution in [2.24, 2.45) is 0 Å². The van der Waals surface area contributed by atoms with Crippen molar-refractivity contribution in [1.82, 2.24) is 4.57 Å². The van der Waals surface area contributed by atoms with E-state index >= 15 is 0 Å². The maximum absolute atomic E-state index is 6.13. The zero-order valence-corrected chi connectivity index (χ0v) is 16.1. The first kappa shape index (κ1) is 17.5. The molecule has 0 aliphatic carbocycles. The van der Waals surface area contributed by atoms with Crippen LogP contribution in [0, 0.1) is 0 Å². The van der Waals surface area contributed by atoms with E-state index in [4.69, 9.17) is 9.47 Å². The van der Waals surface area contributed by atoms with Crippen LogP contribution in [-0.2, 0) is 6.73 Å². The molecule has 0 amide bonds. The van der Waals surface area contributed by atoms with E-state index in [1.165, 1.54) is 10.9 Å². The summed E-state index contributed by atoms with van der Waals surface area (Å²) in [4.78, 5) is 0. The number of benzene rings is 3. The molecule has 4 rings (SSSR count). The van der Waals surface area contributed by atoms with Crippen molar-refractivity contribution < 1.29 is 9.47 Å². The first-order valence-electron chi connectivity index (χ1n) is 9.49. The van der Waals surface area contributed by atoms with Gasteiger partial charge in [-0.15, -0.1) is 0 Å². The number of methoxy groups -OCH3 is 1. The SMILES string of the molecule is CCC(C)c1ccc(OCn2c3ccccc3c3c(OC)cccc32)cc1. The van der Waals surface area contributed by atoms with Crippen molar-refractivity contribution >= 4 is 21.8 Å². The Bertz CT molecular complexity index is 1060. The van der Waals surface area contributed by atoms with Gasteiger partial charge in [0.25, 0.3) is 0 Å². The van der Waals surface area contributed by atoms with E-state index in [2.05, 4.69) is 73.0 Å². The number of ether oxygens (including phenoxy) is 2. The summed E-state index contributed by atoms with van der Waals surface area (Å²) in [7, 11) is 1.72. The molecule has 0 saturated heterocycles. The lowest BCUT2D eigenvalue weighted by Crippen LogP contribution is -2.05. The maximum Gasteiger partial charge on any atom is 0.165 e. The molecule has 4 aromatic rings. The molecule has 0 bridgehead atoms. The average molecular weight is 359 g/mol. The van der Waals surface area contributed by atoms with E-state index in [9.17, 15) is 0 Å². The van der Waals surface area contributed by atoms with E-state index in [0.717, 1.165) is 34.3 Å². The van der Waals surface area contributed by atoms with E-state index in [1.54, 1.807) is 7.11 Å². The Morgan fingerprint density at radius 3 is 2.37 bits per heavy atom. The third-order valence-electron chi connectivity index (χ3n) is 5.40. The largest absolute Gasteiger partial charge is 0.496 e. The topological polar surface area (TPSA) is 23.4 Å². The van der Waals surface area contributed by atoms with Crippen LogP contribution in [0.25, 0.3) is 21.8 Å². The van der Waals surface area contributed by atoms with Gasteiger partial charge >= 0.3 is 0 Å². The number of para-hydroxylation sites is 1. The van der Waals surface area contributed by atoms with Crippen LogP contribution < -0.4 is 9.47 Å². The molecule has 1 unspecified atom stereocenters. The second kappa shape index (κ2) is 7.36. The first-order chi connectivity index (χ1) is 13.2. The third-order valence-corrected chi connectivity index (χ3v) is 5.40. The summed E-state index contributed by atoms with van der Waals surface area (Å²) in [5.41, 5.74) is 3.62. The Balaban J connectivity index is 1.69. The highest BCUT2D eigenvalue weighted by Gasteiger charge is 2.14. The molecule has 0 N–H and O–H groups in total. The fraction of sp³-hybridized carbons (Fsp3) is 0.250. The van der Waals surface area contributed by atoms with Crippen LogP contribution in [0.1, 0.15) is 31.7 Å². The molecule has 0 aliphatic rings. The van der Waals surface area contributed by atoms with Gasteiger partial charge < -0.3 is 14.0 Å². The van der Waals surface area contributed by atoms with E-state index in [0.29, 0.717) is 12.6 Å². The van der Waals surface area contributed by atoms with Gasteiger partial charge in [0.15, 0.2) is 6.73 Å². The van der Waals surface area contributed by atoms with Crippen LogP contribution in [0.4, 0.5) is 0 Å². The predicted molar refractivity (Wildman–Crippen MR) is 112 cm³/mol. The number of hydrogen-bond donors (Lipinski definition) is 0. The average Bonchev–Trinajstić information content (AvgIpc) is 3.06. The molecule has 3 heteroatoms. The lowest BCUT2D eigenvalue weighted by Gasteiger charge is -2.12. The molecule has 0 spiro atoms. The minimum Gasteiger partial charge on any atom is -0.496 e. The van der Waals surface area contributed by atoms with Gasteiger partial charge in [-0.3, -0.25) is 0 Å². The van der Waals surface area contributed by atoms with Crippen LogP contribution in [0.15, 0.2) is 66.7 Å².